The van der Waals surface area contributed by atoms with Crippen molar-refractivity contribution >= 4 is 5.78 Å². The van der Waals surface area contributed by atoms with Crippen LogP contribution in [0.4, 0.5) is 0 Å². The van der Waals surface area contributed by atoms with Crippen LogP contribution < -0.4 is 0 Å². The van der Waals surface area contributed by atoms with Crippen molar-refractivity contribution in [1.29, 1.82) is 0 Å². The highest BCUT2D eigenvalue weighted by atomic mass is 16.8. The molecule has 9 aliphatic rings. The van der Waals surface area contributed by atoms with Gasteiger partial charge in [-0.2, -0.15) is 0 Å². The zero-order chi connectivity index (χ0) is 61.5. The first-order chi connectivity index (χ1) is 39.3. The number of rotatable bonds is 17. The number of hydrogen-bond acceptors (Lipinski definition) is 26. The Balaban J connectivity index is 0.940. The second-order valence-electron chi connectivity index (χ2n) is 27.5. The number of ether oxygens (including phenoxy) is 10. The quantitative estimate of drug-likeness (QED) is 0.0513. The molecule has 5 heterocycles. The van der Waals surface area contributed by atoms with Crippen molar-refractivity contribution in [3.63, 3.8) is 0 Å². The fourth-order valence-corrected chi connectivity index (χ4v) is 16.8. The molecule has 0 bridgehead atoms. The summed E-state index contributed by atoms with van der Waals surface area (Å²) in [7, 11) is 0. The van der Waals surface area contributed by atoms with Gasteiger partial charge in [0, 0.05) is 12.3 Å². The van der Waals surface area contributed by atoms with E-state index in [2.05, 4.69) is 40.7 Å². The molecule has 0 spiro atoms. The van der Waals surface area contributed by atoms with E-state index in [0.29, 0.717) is 38.5 Å². The van der Waals surface area contributed by atoms with Crippen molar-refractivity contribution in [3.8, 4) is 0 Å². The van der Waals surface area contributed by atoms with E-state index in [9.17, 15) is 76.6 Å². The summed E-state index contributed by atoms with van der Waals surface area (Å²) < 4.78 is 60.5. The molecule has 26 nitrogen and oxygen atoms in total. The first-order valence-corrected chi connectivity index (χ1v) is 30.1. The zero-order valence-electron chi connectivity index (χ0n) is 49.3. The highest BCUT2D eigenvalue weighted by Crippen LogP contribution is 2.75. The summed E-state index contributed by atoms with van der Waals surface area (Å²) in [5.74, 6) is -0.946. The minimum atomic E-state index is -1.89. The van der Waals surface area contributed by atoms with Crippen LogP contribution in [0.25, 0.3) is 0 Å². The second kappa shape index (κ2) is 25.6. The third kappa shape index (κ3) is 12.0. The van der Waals surface area contributed by atoms with Crippen molar-refractivity contribution in [1.82, 2.24) is 0 Å². The minimum absolute atomic E-state index is 0.0624. The summed E-state index contributed by atoms with van der Waals surface area (Å²) in [5, 5.41) is 161. The van der Waals surface area contributed by atoms with Crippen LogP contribution in [0.15, 0.2) is 11.6 Å². The molecule has 84 heavy (non-hydrogen) atoms. The number of fused-ring (bicyclic) bond motifs is 5. The van der Waals surface area contributed by atoms with Crippen molar-refractivity contribution in [2.75, 3.05) is 33.0 Å². The fourth-order valence-electron chi connectivity index (χ4n) is 16.8. The van der Waals surface area contributed by atoms with Crippen LogP contribution in [0.5, 0.6) is 0 Å². The topological polar surface area (TPSA) is 413 Å². The first-order valence-electron chi connectivity index (χ1n) is 30.1. The summed E-state index contributed by atoms with van der Waals surface area (Å²) in [4.78, 5) is 15.5. The Morgan fingerprint density at radius 1 is 0.571 bits per heavy atom. The smallest absolute Gasteiger partial charge is 0.187 e. The van der Waals surface area contributed by atoms with E-state index in [4.69, 9.17) is 47.4 Å². The largest absolute Gasteiger partial charge is 0.394 e. The van der Waals surface area contributed by atoms with Crippen molar-refractivity contribution in [2.45, 2.75) is 266 Å². The first kappa shape index (κ1) is 66.8. The van der Waals surface area contributed by atoms with Gasteiger partial charge in [0.1, 0.15) is 116 Å². The third-order valence-electron chi connectivity index (χ3n) is 22.0. The Morgan fingerprint density at radius 2 is 1.08 bits per heavy atom. The SMILES string of the molecule is CC(C)=CCCC(C)(OC1OC(COC2OCC(O)C(O)C2O)C(O)C(O)C1O)C1CCC2(C)C1C(=O)CC1C3(C)CCC(OC4OC(COC5OCC(O)C(O)C5O)C(O)C(O)C4OC4OC(CO)C(O)C(O)C4O)C(C)(C)C3CCC12C. The van der Waals surface area contributed by atoms with Crippen molar-refractivity contribution < 1.29 is 129 Å². The van der Waals surface area contributed by atoms with Gasteiger partial charge in [0.15, 0.2) is 31.5 Å². The van der Waals surface area contributed by atoms with E-state index in [0.717, 1.165) is 18.4 Å². The molecule has 4 aliphatic carbocycles. The number of aliphatic hydroxyl groups is 15. The summed E-state index contributed by atoms with van der Waals surface area (Å²) in [6.07, 6.45) is -30.4. The lowest BCUT2D eigenvalue weighted by molar-refractivity contribution is -0.381. The fraction of sp³-hybridized carbons (Fsp3) is 0.948. The molecular weight excluding hydrogens is 1110 g/mol. The number of hydrogen-bond donors (Lipinski definition) is 15. The van der Waals surface area contributed by atoms with Crippen molar-refractivity contribution in [2.24, 2.45) is 45.3 Å². The zero-order valence-corrected chi connectivity index (χ0v) is 49.3. The van der Waals surface area contributed by atoms with Gasteiger partial charge < -0.3 is 124 Å². The van der Waals surface area contributed by atoms with Crippen molar-refractivity contribution in [3.05, 3.63) is 11.6 Å². The molecule has 5 saturated heterocycles. The van der Waals surface area contributed by atoms with Gasteiger partial charge in [-0.05, 0) is 112 Å². The Bertz CT molecular complexity index is 2260. The predicted octanol–water partition coefficient (Wildman–Crippen LogP) is -2.89. The third-order valence-corrected chi connectivity index (χ3v) is 22.0. The van der Waals surface area contributed by atoms with Crippen LogP contribution in [0.3, 0.4) is 0 Å². The molecule has 0 aromatic carbocycles. The molecular formula is C58H96O26. The predicted molar refractivity (Wildman–Crippen MR) is 286 cm³/mol. The van der Waals surface area contributed by atoms with E-state index >= 15 is 4.79 Å². The molecule has 484 valence electrons. The Hall–Kier alpha value is -1.59. The summed E-state index contributed by atoms with van der Waals surface area (Å²) in [6.45, 7) is 14.4. The minimum Gasteiger partial charge on any atom is -0.394 e. The van der Waals surface area contributed by atoms with Gasteiger partial charge in [-0.25, -0.2) is 0 Å². The van der Waals surface area contributed by atoms with Crippen LogP contribution in [-0.4, -0.2) is 268 Å². The Kier molecular flexibility index (Phi) is 20.4. The van der Waals surface area contributed by atoms with Crippen LogP contribution in [0.2, 0.25) is 0 Å². The Labute approximate surface area is 489 Å². The number of carbonyl (C=O) groups excluding carboxylic acids is 1. The molecule has 32 unspecified atom stereocenters. The summed E-state index contributed by atoms with van der Waals surface area (Å²) in [5.41, 5.74) is -2.11. The average Bonchev–Trinajstić information content (AvgIpc) is 1.23. The van der Waals surface area contributed by atoms with E-state index in [-0.39, 0.29) is 48.6 Å². The van der Waals surface area contributed by atoms with Crippen LogP contribution in [-0.2, 0) is 52.2 Å². The monoisotopic (exact) mass is 1210 g/mol. The molecule has 0 aromatic rings. The maximum absolute atomic E-state index is 15.5. The normalized spacial score (nSPS) is 52.2. The lowest BCUT2D eigenvalue weighted by Crippen LogP contribution is -2.67. The standard InChI is InChI=1S/C58H96O26/c1-24(2)10-9-14-58(8,84-52-47(74)42(69)39(66)30(80-52)22-77-49-44(71)36(63)27(61)20-75-49)25-11-16-57(7)35(25)26(60)18-33-55(5)15-13-34(54(3,4)32(55)12-17-56(33,57)6)82-53-48(83-51-46(73)41(68)38(65)29(19-59)79-51)43(70)40(67)31(81-53)23-78-50-45(72)37(64)28(62)21-76-50/h10,25,27-53,59,61-74H,9,11-23H2,1-8H3. The molecule has 15 N–H and O–H groups in total. The van der Waals surface area contributed by atoms with Crippen LogP contribution >= 0.6 is 0 Å². The lowest BCUT2D eigenvalue weighted by atomic mass is 9.35. The molecule has 0 radical (unpaired) electrons. The second-order valence-corrected chi connectivity index (χ2v) is 27.5. The van der Waals surface area contributed by atoms with E-state index in [1.807, 2.05) is 20.8 Å². The van der Waals surface area contributed by atoms with E-state index < -0.39 is 195 Å². The Morgan fingerprint density at radius 3 is 1.65 bits per heavy atom. The molecule has 9 fully saturated rings. The number of ketones is 1. The lowest BCUT2D eigenvalue weighted by Gasteiger charge is -2.69. The highest BCUT2D eigenvalue weighted by molar-refractivity contribution is 5.84. The molecule has 32 atom stereocenters. The molecule has 26 heteroatoms. The van der Waals surface area contributed by atoms with Gasteiger partial charge in [0.05, 0.1) is 44.7 Å². The average molecular weight is 1210 g/mol. The van der Waals surface area contributed by atoms with Gasteiger partial charge in [-0.15, -0.1) is 0 Å². The summed E-state index contributed by atoms with van der Waals surface area (Å²) >= 11 is 0. The molecule has 0 amide bonds. The maximum Gasteiger partial charge on any atom is 0.187 e. The molecule has 5 aliphatic heterocycles. The van der Waals surface area contributed by atoms with Crippen LogP contribution in [0, 0.1) is 45.3 Å². The maximum atomic E-state index is 15.5. The number of Topliss-reactive ketones (excluding diaryl/α,β-unsaturated/α-hetero) is 1. The van der Waals surface area contributed by atoms with Gasteiger partial charge >= 0.3 is 0 Å². The van der Waals surface area contributed by atoms with Gasteiger partial charge in [0.25, 0.3) is 0 Å². The number of aliphatic hydroxyl groups excluding tert-OH is 15. The van der Waals surface area contributed by atoms with E-state index in [1.165, 1.54) is 0 Å². The molecule has 0 aromatic heterocycles. The number of carbonyl (C=O) groups is 1. The van der Waals surface area contributed by atoms with Crippen LogP contribution in [0.1, 0.15) is 113 Å². The molecule has 9 rings (SSSR count). The van der Waals surface area contributed by atoms with Gasteiger partial charge in [0.2, 0.25) is 0 Å². The number of allylic oxidation sites excluding steroid dienone is 2. The van der Waals surface area contributed by atoms with Gasteiger partial charge in [-0.1, -0.05) is 46.3 Å². The molecule has 4 saturated carbocycles. The highest BCUT2D eigenvalue weighted by Gasteiger charge is 2.72. The van der Waals surface area contributed by atoms with E-state index in [1.54, 1.807) is 0 Å². The summed E-state index contributed by atoms with van der Waals surface area (Å²) in [6, 6.07) is 0. The van der Waals surface area contributed by atoms with Gasteiger partial charge in [-0.3, -0.25) is 4.79 Å².